The molecule has 2 aromatic rings. The molecular weight excluding hydrogens is 455 g/mol. The molecule has 0 spiro atoms. The summed E-state index contributed by atoms with van der Waals surface area (Å²) in [4.78, 5) is 0. The van der Waals surface area contributed by atoms with E-state index in [1.807, 2.05) is 20.8 Å². The van der Waals surface area contributed by atoms with Crippen LogP contribution in [0, 0.1) is 12.0 Å². The second-order valence-corrected chi connectivity index (χ2v) is 11.5. The predicted octanol–water partition coefficient (Wildman–Crippen LogP) is 8.33. The Morgan fingerprint density at radius 2 is 1.54 bits per heavy atom. The van der Waals surface area contributed by atoms with Crippen molar-refractivity contribution in [2.45, 2.75) is 70.4 Å². The molecule has 191 valence electrons. The van der Waals surface area contributed by atoms with Gasteiger partial charge in [0.1, 0.15) is 6.10 Å². The summed E-state index contributed by atoms with van der Waals surface area (Å²) in [5.41, 5.74) is 2.61. The zero-order valence-electron chi connectivity index (χ0n) is 21.8. The molecular formula is C30H42O4P. The summed E-state index contributed by atoms with van der Waals surface area (Å²) in [7, 11) is -1.59. The maximum atomic E-state index is 13.3. The third-order valence-corrected chi connectivity index (χ3v) is 9.72. The van der Waals surface area contributed by atoms with E-state index in [1.54, 1.807) is 7.11 Å². The maximum Gasteiger partial charge on any atom is 0.336 e. The van der Waals surface area contributed by atoms with Crippen LogP contribution in [0.15, 0.2) is 72.8 Å². The fourth-order valence-electron chi connectivity index (χ4n) is 5.16. The summed E-state index contributed by atoms with van der Waals surface area (Å²) < 4.78 is 29.9. The van der Waals surface area contributed by atoms with E-state index in [0.717, 1.165) is 44.6 Å². The molecule has 1 radical (unpaired) electrons. The average molecular weight is 498 g/mol. The quantitative estimate of drug-likeness (QED) is 0.133. The van der Waals surface area contributed by atoms with Crippen molar-refractivity contribution in [1.82, 2.24) is 0 Å². The van der Waals surface area contributed by atoms with Gasteiger partial charge in [-0.2, -0.15) is 0 Å². The van der Waals surface area contributed by atoms with Crippen LogP contribution in [0.2, 0.25) is 0 Å². The normalized spacial score (nSPS) is 18.3. The van der Waals surface area contributed by atoms with Crippen molar-refractivity contribution in [3.63, 3.8) is 0 Å². The molecule has 0 N–H and O–H groups in total. The highest BCUT2D eigenvalue weighted by Crippen LogP contribution is 2.60. The third-order valence-electron chi connectivity index (χ3n) is 7.10. The Kier molecular flexibility index (Phi) is 10.8. The first kappa shape index (κ1) is 27.9. The fourth-order valence-corrected chi connectivity index (χ4v) is 7.36. The van der Waals surface area contributed by atoms with Crippen LogP contribution in [0.5, 0.6) is 0 Å². The average Bonchev–Trinajstić information content (AvgIpc) is 3.62. The van der Waals surface area contributed by atoms with Crippen molar-refractivity contribution >= 4 is 7.60 Å². The highest BCUT2D eigenvalue weighted by Gasteiger charge is 2.54. The molecule has 1 aliphatic rings. The molecule has 35 heavy (non-hydrogen) atoms. The van der Waals surface area contributed by atoms with Gasteiger partial charge in [-0.15, -0.1) is 0 Å². The Morgan fingerprint density at radius 3 is 2.06 bits per heavy atom. The highest BCUT2D eigenvalue weighted by atomic mass is 31.2. The van der Waals surface area contributed by atoms with Crippen LogP contribution in [0.25, 0.3) is 0 Å². The first-order valence-electron chi connectivity index (χ1n) is 13.1. The maximum absolute atomic E-state index is 13.3. The molecule has 0 bridgehead atoms. The molecule has 1 saturated carbocycles. The van der Waals surface area contributed by atoms with E-state index in [1.165, 1.54) is 11.1 Å². The summed E-state index contributed by atoms with van der Waals surface area (Å²) in [6.07, 6.45) is 11.6. The lowest BCUT2D eigenvalue weighted by Crippen LogP contribution is -2.21. The van der Waals surface area contributed by atoms with Gasteiger partial charge in [0.25, 0.3) is 0 Å². The first-order valence-corrected chi connectivity index (χ1v) is 14.7. The fraction of sp³-hybridized carbons (Fsp3) is 0.500. The minimum absolute atomic E-state index is 0.111. The van der Waals surface area contributed by atoms with Crippen LogP contribution < -0.4 is 0 Å². The number of methoxy groups -OCH3 is 1. The van der Waals surface area contributed by atoms with E-state index >= 15 is 0 Å². The Morgan fingerprint density at radius 1 is 0.971 bits per heavy atom. The smallest absolute Gasteiger partial charge is 0.336 e. The van der Waals surface area contributed by atoms with Crippen LogP contribution in [-0.4, -0.2) is 26.0 Å². The molecule has 0 aromatic heterocycles. The Hall–Kier alpha value is -1.71. The summed E-state index contributed by atoms with van der Waals surface area (Å²) in [6, 6.07) is 21.8. The van der Waals surface area contributed by atoms with E-state index in [2.05, 4.69) is 72.8 Å². The van der Waals surface area contributed by atoms with Gasteiger partial charge >= 0.3 is 7.60 Å². The number of allylic oxidation sites excluding steroid dienone is 2. The third kappa shape index (κ3) is 6.95. The SMILES string of the molecule is CCOP(=O)(OCC)C(CCCCC/C=C/C1CC1(c1ccccc1)c1ccccc1)[C](C)OC. The molecule has 3 rings (SSSR count). The van der Waals surface area contributed by atoms with Crippen LogP contribution in [-0.2, 0) is 23.8 Å². The highest BCUT2D eigenvalue weighted by molar-refractivity contribution is 7.54. The van der Waals surface area contributed by atoms with Crippen LogP contribution in [0.3, 0.4) is 0 Å². The lowest BCUT2D eigenvalue weighted by Gasteiger charge is -2.29. The van der Waals surface area contributed by atoms with Gasteiger partial charge in [0.05, 0.1) is 18.9 Å². The van der Waals surface area contributed by atoms with E-state index in [-0.39, 0.29) is 11.1 Å². The summed E-state index contributed by atoms with van der Waals surface area (Å²) in [5.74, 6) is 0.541. The van der Waals surface area contributed by atoms with Crippen LogP contribution in [0.4, 0.5) is 0 Å². The number of benzene rings is 2. The lowest BCUT2D eigenvalue weighted by atomic mass is 9.85. The molecule has 0 heterocycles. The second kappa shape index (κ2) is 13.6. The van der Waals surface area contributed by atoms with Crippen molar-refractivity contribution in [1.29, 1.82) is 0 Å². The van der Waals surface area contributed by atoms with Gasteiger partial charge in [0.2, 0.25) is 0 Å². The van der Waals surface area contributed by atoms with Crippen molar-refractivity contribution in [2.24, 2.45) is 5.92 Å². The topological polar surface area (TPSA) is 44.8 Å². The molecule has 5 heteroatoms. The summed E-state index contributed by atoms with van der Waals surface area (Å²) in [6.45, 7) is 6.30. The Bertz CT molecular complexity index is 894. The molecule has 0 aliphatic heterocycles. The van der Waals surface area contributed by atoms with E-state index < -0.39 is 7.60 Å². The number of ether oxygens (including phenoxy) is 1. The van der Waals surface area contributed by atoms with Crippen molar-refractivity contribution in [3.05, 3.63) is 90.0 Å². The summed E-state index contributed by atoms with van der Waals surface area (Å²) in [5, 5.41) is 0. The first-order chi connectivity index (χ1) is 17.0. The van der Waals surface area contributed by atoms with E-state index in [9.17, 15) is 4.57 Å². The molecule has 1 aliphatic carbocycles. The van der Waals surface area contributed by atoms with E-state index in [4.69, 9.17) is 13.8 Å². The molecule has 4 nitrogen and oxygen atoms in total. The van der Waals surface area contributed by atoms with Crippen molar-refractivity contribution < 1.29 is 18.3 Å². The van der Waals surface area contributed by atoms with Crippen LogP contribution in [0.1, 0.15) is 70.4 Å². The van der Waals surface area contributed by atoms with Gasteiger partial charge in [-0.25, -0.2) is 0 Å². The Labute approximate surface area is 212 Å². The number of unbranched alkanes of at least 4 members (excludes halogenated alkanes) is 3. The zero-order valence-corrected chi connectivity index (χ0v) is 22.7. The molecule has 2 aromatic carbocycles. The molecule has 0 saturated heterocycles. The van der Waals surface area contributed by atoms with Gasteiger partial charge in [-0.3, -0.25) is 4.57 Å². The van der Waals surface area contributed by atoms with Gasteiger partial charge in [-0.05, 0) is 63.5 Å². The molecule has 2 unspecified atom stereocenters. The van der Waals surface area contributed by atoms with Gasteiger partial charge in [0, 0.05) is 12.5 Å². The number of hydrogen-bond acceptors (Lipinski definition) is 4. The Balaban J connectivity index is 1.51. The molecule has 1 fully saturated rings. The number of rotatable bonds is 16. The summed E-state index contributed by atoms with van der Waals surface area (Å²) >= 11 is 0. The minimum atomic E-state index is -3.22. The monoisotopic (exact) mass is 497 g/mol. The predicted molar refractivity (Wildman–Crippen MR) is 145 cm³/mol. The standard InChI is InChI=1S/C30H42O4P/c1-5-33-35(31,34-6-2)29(25(3)32-4)23-17-9-7-8-12-22-28-24-30(28,26-18-13-10-14-19-26)27-20-15-11-16-21-27/h10-16,18-22,28-29H,5-9,17,23-24H2,1-4H3/b22-12+. The van der Waals surface area contributed by atoms with Crippen LogP contribution >= 0.6 is 7.60 Å². The van der Waals surface area contributed by atoms with Crippen molar-refractivity contribution in [3.8, 4) is 0 Å². The van der Waals surface area contributed by atoms with Gasteiger partial charge < -0.3 is 13.8 Å². The zero-order chi connectivity index (χ0) is 25.2. The molecule has 2 atom stereocenters. The minimum Gasteiger partial charge on any atom is -0.375 e. The van der Waals surface area contributed by atoms with E-state index in [0.29, 0.717) is 19.1 Å². The number of hydrogen-bond donors (Lipinski definition) is 0. The van der Waals surface area contributed by atoms with Gasteiger partial charge in [-0.1, -0.05) is 85.7 Å². The van der Waals surface area contributed by atoms with Crippen molar-refractivity contribution in [2.75, 3.05) is 20.3 Å². The largest absolute Gasteiger partial charge is 0.375 e. The molecule has 0 amide bonds. The van der Waals surface area contributed by atoms with Gasteiger partial charge in [0.15, 0.2) is 0 Å². The second-order valence-electron chi connectivity index (χ2n) is 9.29. The lowest BCUT2D eigenvalue weighted by molar-refractivity contribution is 0.167.